The van der Waals surface area contributed by atoms with E-state index in [4.69, 9.17) is 9.47 Å². The van der Waals surface area contributed by atoms with Gasteiger partial charge in [0.05, 0.1) is 23.1 Å². The van der Waals surface area contributed by atoms with E-state index in [0.29, 0.717) is 45.4 Å². The first-order valence-electron chi connectivity index (χ1n) is 12.2. The quantitative estimate of drug-likeness (QED) is 0.289. The molecule has 6 nitrogen and oxygen atoms in total. The van der Waals surface area contributed by atoms with Gasteiger partial charge < -0.3 is 9.47 Å². The number of rotatable bonds is 5. The van der Waals surface area contributed by atoms with Crippen molar-refractivity contribution in [2.75, 3.05) is 12.0 Å². The Morgan fingerprint density at radius 1 is 0.971 bits per heavy atom. The number of thioether (sulfide) groups is 1. The third kappa shape index (κ3) is 3.96. The van der Waals surface area contributed by atoms with Crippen LogP contribution in [-0.4, -0.2) is 24.2 Å². The monoisotopic (exact) mass is 489 g/mol. The molecule has 4 bridgehead atoms. The number of carbonyl (C=O) groups is 3. The summed E-state index contributed by atoms with van der Waals surface area (Å²) < 4.78 is 11.5. The van der Waals surface area contributed by atoms with E-state index in [0.717, 1.165) is 31.0 Å². The molecule has 4 aliphatic carbocycles. The van der Waals surface area contributed by atoms with Gasteiger partial charge in [0, 0.05) is 0 Å². The molecular formula is C28H27NO5S. The molecule has 2 amide bonds. The van der Waals surface area contributed by atoms with Crippen molar-refractivity contribution in [1.29, 1.82) is 0 Å². The highest BCUT2D eigenvalue weighted by atomic mass is 32.2. The summed E-state index contributed by atoms with van der Waals surface area (Å²) in [7, 11) is 1.53. The van der Waals surface area contributed by atoms with Crippen molar-refractivity contribution in [3.05, 3.63) is 59.0 Å². The Morgan fingerprint density at radius 2 is 1.63 bits per heavy atom. The molecule has 5 aliphatic rings. The van der Waals surface area contributed by atoms with Crippen LogP contribution in [0.2, 0.25) is 0 Å². The summed E-state index contributed by atoms with van der Waals surface area (Å²) in [5.41, 5.74) is 0.882. The van der Waals surface area contributed by atoms with Gasteiger partial charge in [-0.15, -0.1) is 0 Å². The van der Waals surface area contributed by atoms with Gasteiger partial charge in [-0.1, -0.05) is 24.3 Å². The van der Waals surface area contributed by atoms with E-state index in [9.17, 15) is 14.4 Å². The first-order chi connectivity index (χ1) is 16.9. The third-order valence-electron chi connectivity index (χ3n) is 7.97. The lowest BCUT2D eigenvalue weighted by atomic mass is 9.49. The van der Waals surface area contributed by atoms with E-state index in [1.807, 2.05) is 6.07 Å². The largest absolute Gasteiger partial charge is 0.493 e. The van der Waals surface area contributed by atoms with Crippen LogP contribution in [0.1, 0.15) is 44.1 Å². The van der Waals surface area contributed by atoms with Gasteiger partial charge in [-0.2, -0.15) is 0 Å². The number of imide groups is 1. The Labute approximate surface area is 208 Å². The summed E-state index contributed by atoms with van der Waals surface area (Å²) in [5, 5.41) is -0.333. The SMILES string of the molecule is COc1cc(/C=C2\SC(=O)N(c3ccccc3)C2=O)ccc1OC(=O)C12CC3CC(CC(C3)C1)C2. The van der Waals surface area contributed by atoms with Crippen LogP contribution in [-0.2, 0) is 9.59 Å². The van der Waals surface area contributed by atoms with E-state index in [-0.39, 0.29) is 22.5 Å². The first-order valence-corrected chi connectivity index (χ1v) is 13.0. The van der Waals surface area contributed by atoms with E-state index in [2.05, 4.69) is 0 Å². The minimum absolute atomic E-state index is 0.133. The number of carbonyl (C=O) groups excluding carboxylic acids is 3. The van der Waals surface area contributed by atoms with Crippen molar-refractivity contribution >= 4 is 40.6 Å². The molecule has 0 radical (unpaired) electrons. The summed E-state index contributed by atoms with van der Waals surface area (Å²) >= 11 is 0.904. The second-order valence-electron chi connectivity index (χ2n) is 10.4. The van der Waals surface area contributed by atoms with Crippen molar-refractivity contribution in [2.24, 2.45) is 23.2 Å². The normalized spacial score (nSPS) is 30.3. The van der Waals surface area contributed by atoms with Crippen LogP contribution in [0.15, 0.2) is 53.4 Å². The van der Waals surface area contributed by atoms with Gasteiger partial charge in [0.2, 0.25) is 0 Å². The van der Waals surface area contributed by atoms with Crippen LogP contribution in [0.4, 0.5) is 10.5 Å². The molecule has 1 heterocycles. The number of methoxy groups -OCH3 is 1. The molecular weight excluding hydrogens is 462 g/mol. The molecule has 0 N–H and O–H groups in total. The van der Waals surface area contributed by atoms with E-state index >= 15 is 0 Å². The topological polar surface area (TPSA) is 72.9 Å². The molecule has 0 atom stereocenters. The zero-order valence-corrected chi connectivity index (χ0v) is 20.4. The number of amides is 2. The second-order valence-corrected chi connectivity index (χ2v) is 11.3. The molecule has 4 saturated carbocycles. The van der Waals surface area contributed by atoms with Gasteiger partial charge in [0.1, 0.15) is 0 Å². The van der Waals surface area contributed by atoms with Crippen LogP contribution >= 0.6 is 11.8 Å². The molecule has 1 saturated heterocycles. The average Bonchev–Trinajstić information content (AvgIpc) is 3.12. The molecule has 180 valence electrons. The average molecular weight is 490 g/mol. The van der Waals surface area contributed by atoms with Crippen LogP contribution < -0.4 is 14.4 Å². The number of esters is 1. The number of benzene rings is 2. The lowest BCUT2D eigenvalue weighted by Gasteiger charge is -2.55. The Morgan fingerprint density at radius 3 is 2.26 bits per heavy atom. The summed E-state index contributed by atoms with van der Waals surface area (Å²) in [6.45, 7) is 0. The van der Waals surface area contributed by atoms with Crippen LogP contribution in [0.25, 0.3) is 6.08 Å². The summed E-state index contributed by atoms with van der Waals surface area (Å²) in [5.74, 6) is 2.30. The number of anilines is 1. The summed E-state index contributed by atoms with van der Waals surface area (Å²) in [6, 6.07) is 14.1. The van der Waals surface area contributed by atoms with Crippen molar-refractivity contribution in [1.82, 2.24) is 0 Å². The molecule has 1 aliphatic heterocycles. The van der Waals surface area contributed by atoms with Crippen molar-refractivity contribution in [3.63, 3.8) is 0 Å². The molecule has 0 unspecified atom stereocenters. The predicted molar refractivity (Wildman–Crippen MR) is 134 cm³/mol. The molecule has 5 fully saturated rings. The highest BCUT2D eigenvalue weighted by molar-refractivity contribution is 8.19. The molecule has 35 heavy (non-hydrogen) atoms. The molecule has 7 rings (SSSR count). The zero-order valence-electron chi connectivity index (χ0n) is 19.6. The fraction of sp³-hybridized carbons (Fsp3) is 0.393. The first kappa shape index (κ1) is 22.4. The van der Waals surface area contributed by atoms with Crippen molar-refractivity contribution in [2.45, 2.75) is 38.5 Å². The third-order valence-corrected chi connectivity index (χ3v) is 8.84. The fourth-order valence-electron chi connectivity index (χ4n) is 6.85. The van der Waals surface area contributed by atoms with E-state index in [1.165, 1.54) is 31.3 Å². The Hall–Kier alpha value is -3.06. The maximum atomic E-state index is 13.4. The van der Waals surface area contributed by atoms with Gasteiger partial charge in [-0.25, -0.2) is 4.90 Å². The van der Waals surface area contributed by atoms with Gasteiger partial charge in [-0.05, 0) is 104 Å². The lowest BCUT2D eigenvalue weighted by Crippen LogP contribution is -2.51. The molecule has 7 heteroatoms. The Bertz CT molecular complexity index is 1200. The molecule has 2 aromatic rings. The number of hydrogen-bond acceptors (Lipinski definition) is 6. The van der Waals surface area contributed by atoms with Crippen LogP contribution in [0, 0.1) is 23.2 Å². The van der Waals surface area contributed by atoms with Gasteiger partial charge in [0.15, 0.2) is 11.5 Å². The number of nitrogens with zero attached hydrogens (tertiary/aromatic N) is 1. The van der Waals surface area contributed by atoms with Crippen LogP contribution in [0.3, 0.4) is 0 Å². The molecule has 0 spiro atoms. The maximum absolute atomic E-state index is 13.4. The minimum Gasteiger partial charge on any atom is -0.493 e. The highest BCUT2D eigenvalue weighted by Crippen LogP contribution is 2.60. The Kier molecular flexibility index (Phi) is 5.48. The van der Waals surface area contributed by atoms with Gasteiger partial charge >= 0.3 is 5.97 Å². The molecule has 0 aromatic heterocycles. The number of hydrogen-bond donors (Lipinski definition) is 0. The molecule has 2 aromatic carbocycles. The fourth-order valence-corrected chi connectivity index (χ4v) is 7.69. The smallest absolute Gasteiger partial charge is 0.317 e. The van der Waals surface area contributed by atoms with Gasteiger partial charge in [-0.3, -0.25) is 14.4 Å². The maximum Gasteiger partial charge on any atom is 0.317 e. The van der Waals surface area contributed by atoms with Crippen molar-refractivity contribution < 1.29 is 23.9 Å². The van der Waals surface area contributed by atoms with Crippen molar-refractivity contribution in [3.8, 4) is 11.5 Å². The predicted octanol–water partition coefficient (Wildman–Crippen LogP) is 6.06. The van der Waals surface area contributed by atoms with Gasteiger partial charge in [0.25, 0.3) is 11.1 Å². The zero-order chi connectivity index (χ0) is 24.2. The standard InChI is InChI=1S/C28H27NO5S/c1-33-23-12-17(13-24-25(30)29(27(32)35-24)21-5-3-2-4-6-21)7-8-22(23)34-26(31)28-14-18-9-19(15-28)11-20(10-18)16-28/h2-8,12-13,18-20H,9-11,14-16H2,1H3/b24-13-. The minimum atomic E-state index is -0.359. The van der Waals surface area contributed by atoms with E-state index < -0.39 is 0 Å². The summed E-state index contributed by atoms with van der Waals surface area (Å²) in [6.07, 6.45) is 8.28. The Balaban J connectivity index is 1.21. The number of para-hydroxylation sites is 1. The lowest BCUT2D eigenvalue weighted by molar-refractivity contribution is -0.161. The second kappa shape index (κ2) is 8.55. The number of ether oxygens (including phenoxy) is 2. The van der Waals surface area contributed by atoms with Crippen LogP contribution in [0.5, 0.6) is 11.5 Å². The highest BCUT2D eigenvalue weighted by Gasteiger charge is 2.55. The summed E-state index contributed by atoms with van der Waals surface area (Å²) in [4.78, 5) is 40.3. The van der Waals surface area contributed by atoms with E-state index in [1.54, 1.807) is 48.5 Å².